The Morgan fingerprint density at radius 2 is 1.81 bits per heavy atom. The zero-order chi connectivity index (χ0) is 37.9. The summed E-state index contributed by atoms with van der Waals surface area (Å²) in [5.74, 6) is 0.792. The van der Waals surface area contributed by atoms with Crippen LogP contribution in [0.1, 0.15) is 50.7 Å². The number of anilines is 2. The summed E-state index contributed by atoms with van der Waals surface area (Å²) < 4.78 is 48.2. The molecular formula is C40H48ClN5O7S. The number of amides is 2. The van der Waals surface area contributed by atoms with Crippen LogP contribution in [0, 0.1) is 11.8 Å². The third-order valence-corrected chi connectivity index (χ3v) is 12.6. The summed E-state index contributed by atoms with van der Waals surface area (Å²) in [5, 5.41) is 0.673. The zero-order valence-electron chi connectivity index (χ0n) is 30.8. The topological polar surface area (TPSA) is 131 Å². The molecular weight excluding hydrogens is 730 g/mol. The average molecular weight is 778 g/mol. The monoisotopic (exact) mass is 777 g/mol. The van der Waals surface area contributed by atoms with E-state index in [4.69, 9.17) is 25.8 Å². The molecule has 288 valence electrons. The van der Waals surface area contributed by atoms with Gasteiger partial charge in [0.25, 0.3) is 15.9 Å². The van der Waals surface area contributed by atoms with Gasteiger partial charge in [0.05, 0.1) is 17.2 Å². The highest BCUT2D eigenvalue weighted by Crippen LogP contribution is 2.42. The van der Waals surface area contributed by atoms with Gasteiger partial charge in [0.1, 0.15) is 29.9 Å². The average Bonchev–Trinajstić information content (AvgIpc) is 3.18. The van der Waals surface area contributed by atoms with E-state index in [0.717, 1.165) is 49.0 Å². The molecule has 12 nitrogen and oxygen atoms in total. The lowest BCUT2D eigenvalue weighted by molar-refractivity contribution is -0.139. The minimum atomic E-state index is -4.25. The number of nitrogens with one attached hydrogen (secondary N) is 1. The first-order valence-corrected chi connectivity index (χ1v) is 20.6. The van der Waals surface area contributed by atoms with E-state index in [9.17, 15) is 18.0 Å². The van der Waals surface area contributed by atoms with E-state index in [2.05, 4.69) is 19.5 Å². The predicted molar refractivity (Wildman–Crippen MR) is 206 cm³/mol. The van der Waals surface area contributed by atoms with Crippen LogP contribution in [0.15, 0.2) is 77.8 Å². The van der Waals surface area contributed by atoms with E-state index in [-0.39, 0.29) is 36.0 Å². The molecule has 0 spiro atoms. The van der Waals surface area contributed by atoms with Gasteiger partial charge < -0.3 is 28.9 Å². The number of benzene rings is 2. The van der Waals surface area contributed by atoms with Crippen LogP contribution in [0.5, 0.6) is 5.75 Å². The SMILES string of the molecule is CC1(C)OC/C=C/[C@H](OC(=O)N2CCN(c3ccccn3)CC2)[C@@H]2CC[C@H]2CN2CCCCc3cc(Cl)ccc3COc3ccc(cc32)S(=O)(=O)NC1=O. The number of fused-ring (bicyclic) bond motifs is 3. The Morgan fingerprint density at radius 1 is 0.981 bits per heavy atom. The number of carbonyl (C=O) groups excluding carboxylic acids is 2. The van der Waals surface area contributed by atoms with Crippen LogP contribution in [-0.4, -0.2) is 87.9 Å². The number of nitrogens with zero attached hydrogens (tertiary/aromatic N) is 4. The first-order chi connectivity index (χ1) is 26.0. The van der Waals surface area contributed by atoms with Crippen molar-refractivity contribution in [3.05, 3.63) is 89.1 Å². The second-order valence-electron chi connectivity index (χ2n) is 14.9. The number of sulfonamides is 1. The number of hydrogen-bond acceptors (Lipinski definition) is 10. The van der Waals surface area contributed by atoms with Crippen molar-refractivity contribution in [3.8, 4) is 5.75 Å². The minimum absolute atomic E-state index is 0.0184. The van der Waals surface area contributed by atoms with Gasteiger partial charge in [-0.15, -0.1) is 0 Å². The number of aromatic nitrogens is 1. The predicted octanol–water partition coefficient (Wildman–Crippen LogP) is 5.98. The Labute approximate surface area is 322 Å². The first-order valence-electron chi connectivity index (χ1n) is 18.8. The fourth-order valence-corrected chi connectivity index (χ4v) is 8.87. The molecule has 1 saturated carbocycles. The van der Waals surface area contributed by atoms with Gasteiger partial charge in [-0.3, -0.25) is 4.79 Å². The van der Waals surface area contributed by atoms with Crippen molar-refractivity contribution < 1.29 is 32.2 Å². The van der Waals surface area contributed by atoms with Crippen molar-refractivity contribution in [1.29, 1.82) is 0 Å². The number of aryl methyl sites for hydroxylation is 1. The van der Waals surface area contributed by atoms with E-state index in [0.29, 0.717) is 55.7 Å². The first kappa shape index (κ1) is 38.0. The van der Waals surface area contributed by atoms with Crippen molar-refractivity contribution in [3.63, 3.8) is 0 Å². The van der Waals surface area contributed by atoms with Gasteiger partial charge in [-0.05, 0) is 112 Å². The van der Waals surface area contributed by atoms with Gasteiger partial charge in [0, 0.05) is 56.4 Å². The van der Waals surface area contributed by atoms with E-state index < -0.39 is 27.6 Å². The largest absolute Gasteiger partial charge is 0.487 e. The number of carbonyl (C=O) groups is 2. The third-order valence-electron chi connectivity index (χ3n) is 11.0. The molecule has 1 N–H and O–H groups in total. The van der Waals surface area contributed by atoms with Gasteiger partial charge in [-0.1, -0.05) is 29.8 Å². The maximum Gasteiger partial charge on any atom is 0.410 e. The summed E-state index contributed by atoms with van der Waals surface area (Å²) in [6.45, 7) is 6.92. The van der Waals surface area contributed by atoms with Gasteiger partial charge in [-0.2, -0.15) is 0 Å². The molecule has 2 amide bonds. The lowest BCUT2D eigenvalue weighted by Crippen LogP contribution is -2.51. The molecule has 3 atom stereocenters. The quantitative estimate of drug-likeness (QED) is 0.310. The van der Waals surface area contributed by atoms with E-state index in [1.165, 1.54) is 19.9 Å². The number of ether oxygens (including phenoxy) is 3. The van der Waals surface area contributed by atoms with Gasteiger partial charge in [0.2, 0.25) is 0 Å². The van der Waals surface area contributed by atoms with Gasteiger partial charge in [-0.25, -0.2) is 22.9 Å². The molecule has 3 aromatic rings. The summed E-state index contributed by atoms with van der Waals surface area (Å²) in [4.78, 5) is 37.6. The van der Waals surface area contributed by atoms with Crippen LogP contribution in [-0.2, 0) is 37.3 Å². The van der Waals surface area contributed by atoms with Crippen molar-refractivity contribution in [1.82, 2.24) is 14.6 Å². The van der Waals surface area contributed by atoms with Crippen LogP contribution in [0.3, 0.4) is 0 Å². The smallest absolute Gasteiger partial charge is 0.410 e. The van der Waals surface area contributed by atoms with Crippen LogP contribution in [0.25, 0.3) is 0 Å². The van der Waals surface area contributed by atoms with Crippen LogP contribution < -0.4 is 19.3 Å². The zero-order valence-corrected chi connectivity index (χ0v) is 32.4. The van der Waals surface area contributed by atoms with Gasteiger partial charge in [0.15, 0.2) is 0 Å². The molecule has 1 aliphatic carbocycles. The maximum atomic E-state index is 13.7. The number of pyridine rings is 1. The Kier molecular flexibility index (Phi) is 11.4. The van der Waals surface area contributed by atoms with Crippen LogP contribution >= 0.6 is 11.6 Å². The van der Waals surface area contributed by atoms with Crippen LogP contribution in [0.2, 0.25) is 5.02 Å². The Morgan fingerprint density at radius 3 is 2.57 bits per heavy atom. The molecule has 1 saturated heterocycles. The fraction of sp³-hybridized carbons (Fsp3) is 0.475. The molecule has 2 bridgehead atoms. The number of rotatable bonds is 2. The van der Waals surface area contributed by atoms with Crippen molar-refractivity contribution >= 4 is 45.1 Å². The molecule has 7 rings (SSSR count). The molecule has 14 heteroatoms. The molecule has 54 heavy (non-hydrogen) atoms. The van der Waals surface area contributed by atoms with E-state index in [1.807, 2.05) is 42.5 Å². The highest BCUT2D eigenvalue weighted by Gasteiger charge is 2.41. The fourth-order valence-electron chi connectivity index (χ4n) is 7.56. The third kappa shape index (κ3) is 8.63. The van der Waals surface area contributed by atoms with Crippen molar-refractivity contribution in [2.45, 2.75) is 69.2 Å². The minimum Gasteiger partial charge on any atom is -0.487 e. The molecule has 3 aliphatic heterocycles. The molecule has 2 fully saturated rings. The second kappa shape index (κ2) is 16.2. The highest BCUT2D eigenvalue weighted by molar-refractivity contribution is 7.90. The molecule has 0 radical (unpaired) electrons. The van der Waals surface area contributed by atoms with Crippen molar-refractivity contribution in [2.75, 3.05) is 55.7 Å². The summed E-state index contributed by atoms with van der Waals surface area (Å²) in [7, 11) is -4.25. The Hall–Kier alpha value is -4.33. The van der Waals surface area contributed by atoms with E-state index in [1.54, 1.807) is 29.3 Å². The molecule has 4 aliphatic rings. The molecule has 0 unspecified atom stereocenters. The summed E-state index contributed by atoms with van der Waals surface area (Å²) in [6.07, 6.45) is 8.84. The maximum absolute atomic E-state index is 13.7. The summed E-state index contributed by atoms with van der Waals surface area (Å²) >= 11 is 6.37. The van der Waals surface area contributed by atoms with Gasteiger partial charge >= 0.3 is 6.09 Å². The Bertz CT molecular complexity index is 1970. The summed E-state index contributed by atoms with van der Waals surface area (Å²) in [5.41, 5.74) is 1.30. The number of piperazine rings is 1. The van der Waals surface area contributed by atoms with Crippen molar-refractivity contribution in [2.24, 2.45) is 11.8 Å². The Balaban J connectivity index is 1.17. The number of hydrogen-bond donors (Lipinski definition) is 1. The lowest BCUT2D eigenvalue weighted by Gasteiger charge is -2.44. The molecule has 4 heterocycles. The lowest BCUT2D eigenvalue weighted by atomic mass is 9.70. The normalized spacial score (nSPS) is 25.0. The summed E-state index contributed by atoms with van der Waals surface area (Å²) in [6, 6.07) is 16.4. The standard InChI is InChI=1S/C40H48ClN5O7S/c1-40(2)38(47)43-54(49,50)32-14-16-36-34(25-32)46(18-6-4-8-28-24-31(41)13-11-30(28)27-51-36)26-29-12-15-33(29)35(9-7-23-52-40)53-39(48)45-21-19-44(20-22-45)37-10-3-5-17-42-37/h3,5,7,9-11,13-14,16-17,24-25,29,33,35H,4,6,8,12,15,18-23,26-27H2,1-2H3,(H,43,47)/b9-7+/t29-,33+,35-/m0/s1. The number of halogens is 1. The second-order valence-corrected chi connectivity index (χ2v) is 17.0. The molecule has 2 aromatic carbocycles. The molecule has 1 aromatic heterocycles. The van der Waals surface area contributed by atoms with Crippen LogP contribution in [0.4, 0.5) is 16.3 Å². The highest BCUT2D eigenvalue weighted by atomic mass is 35.5. The van der Waals surface area contributed by atoms with E-state index >= 15 is 0 Å².